The number of amides is 1. The van der Waals surface area contributed by atoms with E-state index in [0.717, 1.165) is 16.9 Å². The van der Waals surface area contributed by atoms with Crippen LogP contribution in [0.5, 0.6) is 5.75 Å². The lowest BCUT2D eigenvalue weighted by molar-refractivity contribution is -0.121. The van der Waals surface area contributed by atoms with Crippen LogP contribution in [0.4, 0.5) is 0 Å². The molecule has 0 aliphatic heterocycles. The van der Waals surface area contributed by atoms with E-state index in [4.69, 9.17) is 27.9 Å². The lowest BCUT2D eigenvalue weighted by Crippen LogP contribution is -2.34. The van der Waals surface area contributed by atoms with Crippen LogP contribution in [0.25, 0.3) is 0 Å². The molecule has 2 aromatic carbocycles. The van der Waals surface area contributed by atoms with Gasteiger partial charge in [-0.25, -0.2) is 0 Å². The minimum absolute atomic E-state index is 0.00137. The van der Waals surface area contributed by atoms with Gasteiger partial charge in [0, 0.05) is 22.5 Å². The van der Waals surface area contributed by atoms with Gasteiger partial charge in [0.2, 0.25) is 5.91 Å². The van der Waals surface area contributed by atoms with Crippen molar-refractivity contribution >= 4 is 29.1 Å². The largest absolute Gasteiger partial charge is 0.497 e. The zero-order valence-corrected chi connectivity index (χ0v) is 15.3. The van der Waals surface area contributed by atoms with E-state index < -0.39 is 0 Å². The van der Waals surface area contributed by atoms with Crippen molar-refractivity contribution in [1.29, 1.82) is 0 Å². The predicted octanol–water partition coefficient (Wildman–Crippen LogP) is 4.68. The normalized spacial score (nSPS) is 11.8. The number of carbonyl (C=O) groups is 1. The molecule has 0 radical (unpaired) electrons. The Bertz CT molecular complexity index is 704. The molecule has 0 bridgehead atoms. The summed E-state index contributed by atoms with van der Waals surface area (Å²) in [6.07, 6.45) is 1.78. The van der Waals surface area contributed by atoms with Crippen molar-refractivity contribution in [2.24, 2.45) is 0 Å². The van der Waals surface area contributed by atoms with Gasteiger partial charge in [-0.15, -0.1) is 0 Å². The van der Waals surface area contributed by atoms with E-state index in [1.165, 1.54) is 0 Å². The Balaban J connectivity index is 1.82. The maximum absolute atomic E-state index is 12.1. The fourth-order valence-electron chi connectivity index (χ4n) is 2.50. The molecule has 5 heteroatoms. The molecule has 1 unspecified atom stereocenters. The summed E-state index contributed by atoms with van der Waals surface area (Å²) in [5, 5.41) is 4.24. The van der Waals surface area contributed by atoms with E-state index in [-0.39, 0.29) is 11.9 Å². The van der Waals surface area contributed by atoms with Crippen LogP contribution in [-0.4, -0.2) is 19.1 Å². The first-order valence-electron chi connectivity index (χ1n) is 7.84. The van der Waals surface area contributed by atoms with Crippen molar-refractivity contribution in [1.82, 2.24) is 5.32 Å². The van der Waals surface area contributed by atoms with Gasteiger partial charge in [-0.3, -0.25) is 4.79 Å². The Kier molecular flexibility index (Phi) is 6.95. The molecule has 24 heavy (non-hydrogen) atoms. The van der Waals surface area contributed by atoms with Crippen molar-refractivity contribution in [2.45, 2.75) is 32.2 Å². The van der Waals surface area contributed by atoms with Crippen LogP contribution in [0.1, 0.15) is 24.5 Å². The third kappa shape index (κ3) is 5.73. The van der Waals surface area contributed by atoms with Crippen LogP contribution in [0.3, 0.4) is 0 Å². The summed E-state index contributed by atoms with van der Waals surface area (Å²) in [6.45, 7) is 1.97. The van der Waals surface area contributed by atoms with Gasteiger partial charge >= 0.3 is 0 Å². The maximum Gasteiger partial charge on any atom is 0.220 e. The van der Waals surface area contributed by atoms with Crippen molar-refractivity contribution < 1.29 is 9.53 Å². The molecule has 0 spiro atoms. The highest BCUT2D eigenvalue weighted by Gasteiger charge is 2.11. The van der Waals surface area contributed by atoms with E-state index in [9.17, 15) is 4.79 Å². The van der Waals surface area contributed by atoms with Crippen LogP contribution < -0.4 is 10.1 Å². The second-order valence-corrected chi connectivity index (χ2v) is 6.60. The summed E-state index contributed by atoms with van der Waals surface area (Å²) in [7, 11) is 1.63. The summed E-state index contributed by atoms with van der Waals surface area (Å²) >= 11 is 12.1. The molecule has 0 saturated carbocycles. The average Bonchev–Trinajstić information content (AvgIpc) is 2.56. The molecule has 1 N–H and O–H groups in total. The third-order valence-corrected chi connectivity index (χ3v) is 4.31. The molecule has 128 valence electrons. The van der Waals surface area contributed by atoms with Crippen molar-refractivity contribution in [3.05, 3.63) is 63.6 Å². The molecule has 0 aliphatic carbocycles. The van der Waals surface area contributed by atoms with Crippen LogP contribution in [0, 0.1) is 0 Å². The van der Waals surface area contributed by atoms with Crippen molar-refractivity contribution in [3.63, 3.8) is 0 Å². The SMILES string of the molecule is COc1cccc(CCC(=O)NC(C)Cc2ccc(Cl)cc2Cl)c1. The number of ether oxygens (including phenoxy) is 1. The molecule has 1 atom stereocenters. The highest BCUT2D eigenvalue weighted by molar-refractivity contribution is 6.35. The Hall–Kier alpha value is -1.71. The number of hydrogen-bond donors (Lipinski definition) is 1. The molecule has 0 aromatic heterocycles. The van der Waals surface area contributed by atoms with Gasteiger partial charge in [0.1, 0.15) is 5.75 Å². The second-order valence-electron chi connectivity index (χ2n) is 5.76. The average molecular weight is 366 g/mol. The lowest BCUT2D eigenvalue weighted by Gasteiger charge is -2.15. The first-order valence-corrected chi connectivity index (χ1v) is 8.59. The zero-order chi connectivity index (χ0) is 17.5. The Morgan fingerprint density at radius 3 is 2.71 bits per heavy atom. The van der Waals surface area contributed by atoms with Crippen molar-refractivity contribution in [2.75, 3.05) is 7.11 Å². The number of carbonyl (C=O) groups excluding carboxylic acids is 1. The van der Waals surface area contributed by atoms with Crippen LogP contribution in [-0.2, 0) is 17.6 Å². The molecule has 1 amide bonds. The fraction of sp³-hybridized carbons (Fsp3) is 0.316. The molecule has 3 nitrogen and oxygen atoms in total. The maximum atomic E-state index is 12.1. The third-order valence-electron chi connectivity index (χ3n) is 3.72. The Morgan fingerprint density at radius 2 is 2.00 bits per heavy atom. The van der Waals surface area contributed by atoms with Gasteiger partial charge in [0.05, 0.1) is 7.11 Å². The smallest absolute Gasteiger partial charge is 0.220 e. The number of rotatable bonds is 7. The molecule has 0 aliphatic rings. The zero-order valence-electron chi connectivity index (χ0n) is 13.8. The number of benzene rings is 2. The number of methoxy groups -OCH3 is 1. The summed E-state index contributed by atoms with van der Waals surface area (Å²) in [6, 6.07) is 13.2. The first-order chi connectivity index (χ1) is 11.5. The minimum Gasteiger partial charge on any atom is -0.497 e. The van der Waals surface area contributed by atoms with Gasteiger partial charge in [-0.05, 0) is 55.2 Å². The topological polar surface area (TPSA) is 38.3 Å². The highest BCUT2D eigenvalue weighted by Crippen LogP contribution is 2.22. The van der Waals surface area contributed by atoms with E-state index in [2.05, 4.69) is 5.32 Å². The van der Waals surface area contributed by atoms with Gasteiger partial charge in [-0.1, -0.05) is 41.4 Å². The summed E-state index contributed by atoms with van der Waals surface area (Å²) in [4.78, 5) is 12.1. The minimum atomic E-state index is 0.00137. The predicted molar refractivity (Wildman–Crippen MR) is 99.1 cm³/mol. The monoisotopic (exact) mass is 365 g/mol. The van der Waals surface area contributed by atoms with Gasteiger partial charge in [0.15, 0.2) is 0 Å². The Labute approximate surface area is 152 Å². The molecular weight excluding hydrogens is 345 g/mol. The molecule has 0 heterocycles. The highest BCUT2D eigenvalue weighted by atomic mass is 35.5. The van der Waals surface area contributed by atoms with E-state index >= 15 is 0 Å². The molecule has 2 aromatic rings. The quantitative estimate of drug-likeness (QED) is 0.773. The second kappa shape index (κ2) is 8.95. The molecule has 2 rings (SSSR count). The number of halogens is 2. The number of aryl methyl sites for hydroxylation is 1. The first kappa shape index (κ1) is 18.6. The van der Waals surface area contributed by atoms with E-state index in [0.29, 0.717) is 29.3 Å². The van der Waals surface area contributed by atoms with Gasteiger partial charge in [-0.2, -0.15) is 0 Å². The van der Waals surface area contributed by atoms with Crippen LogP contribution >= 0.6 is 23.2 Å². The molecule has 0 saturated heterocycles. The van der Waals surface area contributed by atoms with Crippen LogP contribution in [0.2, 0.25) is 10.0 Å². The summed E-state index contributed by atoms with van der Waals surface area (Å²) in [5.74, 6) is 0.828. The van der Waals surface area contributed by atoms with E-state index in [1.54, 1.807) is 19.2 Å². The summed E-state index contributed by atoms with van der Waals surface area (Å²) < 4.78 is 5.19. The lowest BCUT2D eigenvalue weighted by atomic mass is 10.1. The standard InChI is InChI=1S/C19H21Cl2NO2/c1-13(10-15-7-8-16(20)12-18(15)21)22-19(23)9-6-14-4-3-5-17(11-14)24-2/h3-5,7-8,11-13H,6,9-10H2,1-2H3,(H,22,23). The summed E-state index contributed by atoms with van der Waals surface area (Å²) in [5.41, 5.74) is 2.06. The fourth-order valence-corrected chi connectivity index (χ4v) is 2.99. The molecular formula is C19H21Cl2NO2. The van der Waals surface area contributed by atoms with Crippen LogP contribution in [0.15, 0.2) is 42.5 Å². The van der Waals surface area contributed by atoms with Gasteiger partial charge in [0.25, 0.3) is 0 Å². The van der Waals surface area contributed by atoms with Crippen molar-refractivity contribution in [3.8, 4) is 5.75 Å². The Morgan fingerprint density at radius 1 is 1.21 bits per heavy atom. The molecule has 0 fully saturated rings. The number of hydrogen-bond acceptors (Lipinski definition) is 2. The number of nitrogens with one attached hydrogen (secondary N) is 1. The van der Waals surface area contributed by atoms with E-state index in [1.807, 2.05) is 37.3 Å². The van der Waals surface area contributed by atoms with Gasteiger partial charge < -0.3 is 10.1 Å².